The van der Waals surface area contributed by atoms with Gasteiger partial charge in [0, 0.05) is 0 Å². The minimum absolute atomic E-state index is 0.112. The van der Waals surface area contributed by atoms with Crippen LogP contribution in [0.5, 0.6) is 0 Å². The summed E-state index contributed by atoms with van der Waals surface area (Å²) in [6.07, 6.45) is -1.44. The number of ether oxygens (including phenoxy) is 4. The van der Waals surface area contributed by atoms with Crippen molar-refractivity contribution in [2.75, 3.05) is 0 Å². The number of rotatable bonds is 0. The first-order chi connectivity index (χ1) is 11.7. The van der Waals surface area contributed by atoms with Gasteiger partial charge in [-0.25, -0.2) is 9.59 Å². The monoisotopic (exact) mass is 328 g/mol. The molecule has 0 spiro atoms. The minimum atomic E-state index is -0.721. The molecule has 0 saturated carbocycles. The molecule has 4 aliphatic rings. The predicted octanol–water partition coefficient (Wildman–Crippen LogP) is 3.71. The summed E-state index contributed by atoms with van der Waals surface area (Å²) in [5, 5.41) is 0. The van der Waals surface area contributed by atoms with Crippen molar-refractivity contribution in [3.63, 3.8) is 0 Å². The third-order valence-electron chi connectivity index (χ3n) is 3.47. The number of carbonyl (C=O) groups is 2. The second kappa shape index (κ2) is 7.50. The molecule has 2 aromatic rings. The number of hydrogen-bond donors (Lipinski definition) is 0. The maximum atomic E-state index is 11.6. The van der Waals surface area contributed by atoms with E-state index in [1.807, 2.05) is 0 Å². The molecule has 2 aromatic carbocycles. The molecular weight excluding hydrogens is 312 g/mol. The Labute approximate surface area is 138 Å². The molecular formula is C18H16O6. The van der Waals surface area contributed by atoms with Crippen molar-refractivity contribution in [2.45, 2.75) is 26.4 Å². The lowest BCUT2D eigenvalue weighted by molar-refractivity contribution is 0.0426. The van der Waals surface area contributed by atoms with Crippen molar-refractivity contribution >= 4 is 12.3 Å². The van der Waals surface area contributed by atoms with Crippen LogP contribution in [-0.2, 0) is 45.4 Å². The molecule has 0 fully saturated rings. The molecule has 124 valence electrons. The van der Waals surface area contributed by atoms with Crippen LogP contribution in [0.25, 0.3) is 0 Å². The Balaban J connectivity index is 1.72. The largest absolute Gasteiger partial charge is 0.508 e. The summed E-state index contributed by atoms with van der Waals surface area (Å²) in [5.74, 6) is 0. The zero-order chi connectivity index (χ0) is 16.8. The SMILES string of the molecule is O=C1OCc2ccc(cc2)COC(=O)OCc2ccc(cc2)CO1. The second-order valence-corrected chi connectivity index (χ2v) is 5.29. The van der Waals surface area contributed by atoms with Gasteiger partial charge in [0.05, 0.1) is 0 Å². The fourth-order valence-electron chi connectivity index (χ4n) is 2.12. The van der Waals surface area contributed by atoms with Gasteiger partial charge in [0.15, 0.2) is 0 Å². The summed E-state index contributed by atoms with van der Waals surface area (Å²) in [6.45, 7) is 0.448. The lowest BCUT2D eigenvalue weighted by Gasteiger charge is -2.10. The third kappa shape index (κ3) is 4.49. The first-order valence-electron chi connectivity index (χ1n) is 7.44. The standard InChI is InChI=1S/C18H16O6/c19-17-21-9-13-1-2-14(4-3-13)10-22-18(20)24-12-16-7-5-15(6-8-16)11-23-17/h1-8H,9-12H2. The summed E-state index contributed by atoms with van der Waals surface area (Å²) in [4.78, 5) is 23.2. The summed E-state index contributed by atoms with van der Waals surface area (Å²) in [5.41, 5.74) is 3.24. The van der Waals surface area contributed by atoms with E-state index in [1.54, 1.807) is 48.5 Å². The first kappa shape index (κ1) is 15.9. The number of hydrogen-bond acceptors (Lipinski definition) is 6. The van der Waals surface area contributed by atoms with Crippen molar-refractivity contribution < 1.29 is 28.5 Å². The van der Waals surface area contributed by atoms with E-state index in [4.69, 9.17) is 18.9 Å². The van der Waals surface area contributed by atoms with Gasteiger partial charge in [-0.2, -0.15) is 0 Å². The van der Waals surface area contributed by atoms with E-state index >= 15 is 0 Å². The molecule has 6 heteroatoms. The van der Waals surface area contributed by atoms with Gasteiger partial charge in [-0.1, -0.05) is 48.5 Å². The first-order valence-corrected chi connectivity index (χ1v) is 7.44. The molecule has 0 aliphatic carbocycles. The smallest absolute Gasteiger partial charge is 0.429 e. The topological polar surface area (TPSA) is 71.1 Å². The Morgan fingerprint density at radius 2 is 0.667 bits per heavy atom. The van der Waals surface area contributed by atoms with Crippen LogP contribution in [0, 0.1) is 0 Å². The molecule has 0 unspecified atom stereocenters. The molecule has 24 heavy (non-hydrogen) atoms. The second-order valence-electron chi connectivity index (χ2n) is 5.29. The van der Waals surface area contributed by atoms with Crippen molar-refractivity contribution in [1.29, 1.82) is 0 Å². The Hall–Kier alpha value is -3.02. The minimum Gasteiger partial charge on any atom is -0.429 e. The summed E-state index contributed by atoms with van der Waals surface area (Å²) in [6, 6.07) is 14.3. The van der Waals surface area contributed by atoms with E-state index in [0.717, 1.165) is 22.3 Å². The quantitative estimate of drug-likeness (QED) is 0.687. The maximum absolute atomic E-state index is 11.6. The van der Waals surface area contributed by atoms with E-state index < -0.39 is 12.3 Å². The fraction of sp³-hybridized carbons (Fsp3) is 0.222. The van der Waals surface area contributed by atoms with Crippen LogP contribution in [0.15, 0.2) is 48.5 Å². The average molecular weight is 328 g/mol. The molecule has 0 N–H and O–H groups in total. The highest BCUT2D eigenvalue weighted by atomic mass is 16.7. The number of carbonyl (C=O) groups excluding carboxylic acids is 2. The highest BCUT2D eigenvalue weighted by molar-refractivity contribution is 5.60. The molecule has 6 rings (SSSR count). The van der Waals surface area contributed by atoms with E-state index in [0.29, 0.717) is 0 Å². The van der Waals surface area contributed by atoms with Crippen LogP contribution in [0.4, 0.5) is 9.59 Å². The van der Waals surface area contributed by atoms with Crippen LogP contribution in [0.1, 0.15) is 22.3 Å². The molecule has 4 aliphatic heterocycles. The van der Waals surface area contributed by atoms with Gasteiger partial charge >= 0.3 is 12.3 Å². The normalized spacial score (nSPS) is 15.5. The van der Waals surface area contributed by atoms with Crippen LogP contribution >= 0.6 is 0 Å². The maximum Gasteiger partial charge on any atom is 0.508 e. The molecule has 0 aromatic heterocycles. The van der Waals surface area contributed by atoms with Gasteiger partial charge < -0.3 is 18.9 Å². The zero-order valence-corrected chi connectivity index (χ0v) is 12.9. The molecule has 0 atom stereocenters. The van der Waals surface area contributed by atoms with Gasteiger partial charge in [0.2, 0.25) is 0 Å². The Morgan fingerprint density at radius 1 is 0.458 bits per heavy atom. The van der Waals surface area contributed by atoms with Crippen LogP contribution in [0.3, 0.4) is 0 Å². The molecule has 0 amide bonds. The van der Waals surface area contributed by atoms with Crippen LogP contribution < -0.4 is 0 Å². The molecule has 4 heterocycles. The molecule has 0 saturated heterocycles. The Bertz CT molecular complexity index is 584. The van der Waals surface area contributed by atoms with Gasteiger partial charge in [-0.3, -0.25) is 0 Å². The van der Waals surface area contributed by atoms with E-state index in [9.17, 15) is 9.59 Å². The van der Waals surface area contributed by atoms with Crippen LogP contribution in [-0.4, -0.2) is 12.3 Å². The average Bonchev–Trinajstić information content (AvgIpc) is 2.62. The van der Waals surface area contributed by atoms with E-state index in [2.05, 4.69) is 0 Å². The van der Waals surface area contributed by atoms with Gasteiger partial charge in [0.25, 0.3) is 0 Å². The van der Waals surface area contributed by atoms with Crippen LogP contribution in [0.2, 0.25) is 0 Å². The van der Waals surface area contributed by atoms with E-state index in [-0.39, 0.29) is 26.4 Å². The lowest BCUT2D eigenvalue weighted by atomic mass is 10.1. The van der Waals surface area contributed by atoms with E-state index in [1.165, 1.54) is 0 Å². The molecule has 0 radical (unpaired) electrons. The molecule has 4 bridgehead atoms. The number of benzene rings is 2. The zero-order valence-electron chi connectivity index (χ0n) is 12.9. The van der Waals surface area contributed by atoms with Crippen molar-refractivity contribution in [2.24, 2.45) is 0 Å². The van der Waals surface area contributed by atoms with Gasteiger partial charge in [-0.05, 0) is 22.3 Å². The van der Waals surface area contributed by atoms with Gasteiger partial charge in [-0.15, -0.1) is 0 Å². The van der Waals surface area contributed by atoms with Crippen molar-refractivity contribution in [3.05, 3.63) is 70.8 Å². The highest BCUT2D eigenvalue weighted by Gasteiger charge is 2.09. The fourth-order valence-corrected chi connectivity index (χ4v) is 2.12. The lowest BCUT2D eigenvalue weighted by Crippen LogP contribution is -2.09. The highest BCUT2D eigenvalue weighted by Crippen LogP contribution is 2.11. The summed E-state index contributed by atoms with van der Waals surface area (Å²) >= 11 is 0. The summed E-state index contributed by atoms with van der Waals surface area (Å²) < 4.78 is 20.2. The Morgan fingerprint density at radius 3 is 0.875 bits per heavy atom. The predicted molar refractivity (Wildman–Crippen MR) is 82.8 cm³/mol. The summed E-state index contributed by atoms with van der Waals surface area (Å²) in [7, 11) is 0. The Kier molecular flexibility index (Phi) is 4.96. The van der Waals surface area contributed by atoms with Gasteiger partial charge in [0.1, 0.15) is 26.4 Å². The molecule has 6 nitrogen and oxygen atoms in total. The van der Waals surface area contributed by atoms with Crippen molar-refractivity contribution in [1.82, 2.24) is 0 Å². The van der Waals surface area contributed by atoms with Crippen molar-refractivity contribution in [3.8, 4) is 0 Å². The third-order valence-corrected chi connectivity index (χ3v) is 3.47.